The molecule has 0 fully saturated rings. The molecule has 24 heavy (non-hydrogen) atoms. The molecule has 4 rings (SSSR count). The summed E-state index contributed by atoms with van der Waals surface area (Å²) in [5.41, 5.74) is 4.33. The zero-order chi connectivity index (χ0) is 16.4. The third-order valence-electron chi connectivity index (χ3n) is 3.88. The number of rotatable bonds is 3. The van der Waals surface area contributed by atoms with Gasteiger partial charge in [-0.05, 0) is 42.0 Å². The van der Waals surface area contributed by atoms with Gasteiger partial charge in [-0.1, -0.05) is 70.5 Å². The average Bonchev–Trinajstić information content (AvgIpc) is 2.99. The van der Waals surface area contributed by atoms with Crippen LogP contribution in [0, 0.1) is 0 Å². The van der Waals surface area contributed by atoms with E-state index >= 15 is 0 Å². The van der Waals surface area contributed by atoms with E-state index in [1.54, 1.807) is 0 Å². The zero-order valence-corrected chi connectivity index (χ0v) is 14.5. The van der Waals surface area contributed by atoms with E-state index in [0.717, 1.165) is 32.6 Å². The number of fused-ring (bicyclic) bond motifs is 1. The summed E-state index contributed by atoms with van der Waals surface area (Å²) in [7, 11) is 0. The average molecular weight is 375 g/mol. The predicted molar refractivity (Wildman–Crippen MR) is 104 cm³/mol. The van der Waals surface area contributed by atoms with Crippen LogP contribution in [0.1, 0.15) is 11.4 Å². The van der Waals surface area contributed by atoms with Gasteiger partial charge < -0.3 is 0 Å². The van der Waals surface area contributed by atoms with Gasteiger partial charge in [0, 0.05) is 10.2 Å². The lowest BCUT2D eigenvalue weighted by atomic mass is 10.2. The Kier molecular flexibility index (Phi) is 4.01. The molecule has 0 aliphatic heterocycles. The molecule has 0 spiro atoms. The van der Waals surface area contributed by atoms with Crippen molar-refractivity contribution in [1.29, 1.82) is 0 Å². The molecule has 3 aromatic carbocycles. The maximum Gasteiger partial charge on any atom is 0.138 e. The molecule has 116 valence electrons. The molecule has 4 aromatic rings. The van der Waals surface area contributed by atoms with E-state index in [1.165, 1.54) is 0 Å². The zero-order valence-electron chi connectivity index (χ0n) is 12.9. The van der Waals surface area contributed by atoms with E-state index in [0.29, 0.717) is 0 Å². The predicted octanol–water partition coefficient (Wildman–Crippen LogP) is 5.96. The summed E-state index contributed by atoms with van der Waals surface area (Å²) in [6.07, 6.45) is 4.16. The largest absolute Gasteiger partial charge is 0.293 e. The Morgan fingerprint density at radius 2 is 1.50 bits per heavy atom. The highest BCUT2D eigenvalue weighted by molar-refractivity contribution is 9.10. The molecule has 0 saturated heterocycles. The Balaban J connectivity index is 1.89. The summed E-state index contributed by atoms with van der Waals surface area (Å²) in [6.45, 7) is 0. The first-order valence-corrected chi connectivity index (χ1v) is 8.57. The lowest BCUT2D eigenvalue weighted by Gasteiger charge is -2.07. The van der Waals surface area contributed by atoms with Crippen molar-refractivity contribution < 1.29 is 0 Å². The van der Waals surface area contributed by atoms with E-state index in [4.69, 9.17) is 4.98 Å². The number of imidazole rings is 1. The van der Waals surface area contributed by atoms with Crippen LogP contribution in [0.25, 0.3) is 28.9 Å². The second kappa shape index (κ2) is 6.46. The molecule has 0 bridgehead atoms. The molecule has 2 nitrogen and oxygen atoms in total. The Hall–Kier alpha value is -2.65. The maximum atomic E-state index is 4.81. The van der Waals surface area contributed by atoms with E-state index < -0.39 is 0 Å². The molecule has 0 radical (unpaired) electrons. The number of para-hydroxylation sites is 1. The quantitative estimate of drug-likeness (QED) is 0.432. The summed E-state index contributed by atoms with van der Waals surface area (Å²) in [4.78, 5) is 4.81. The van der Waals surface area contributed by atoms with Crippen LogP contribution in [0.5, 0.6) is 0 Å². The van der Waals surface area contributed by atoms with Crippen LogP contribution >= 0.6 is 15.9 Å². The fourth-order valence-electron chi connectivity index (χ4n) is 2.77. The third-order valence-corrected chi connectivity index (χ3v) is 4.37. The van der Waals surface area contributed by atoms with E-state index in [1.807, 2.05) is 42.5 Å². The van der Waals surface area contributed by atoms with Crippen LogP contribution in [-0.2, 0) is 0 Å². The first kappa shape index (κ1) is 14.9. The van der Waals surface area contributed by atoms with Crippen molar-refractivity contribution in [2.45, 2.75) is 0 Å². The monoisotopic (exact) mass is 374 g/mol. The van der Waals surface area contributed by atoms with Crippen molar-refractivity contribution in [3.8, 4) is 5.69 Å². The molecule has 3 heteroatoms. The topological polar surface area (TPSA) is 17.8 Å². The smallest absolute Gasteiger partial charge is 0.138 e. The molecule has 0 aliphatic carbocycles. The van der Waals surface area contributed by atoms with Crippen LogP contribution < -0.4 is 0 Å². The molecule has 1 heterocycles. The van der Waals surface area contributed by atoms with Crippen molar-refractivity contribution in [1.82, 2.24) is 9.55 Å². The number of hydrogen-bond donors (Lipinski definition) is 0. The molecular weight excluding hydrogens is 360 g/mol. The summed E-state index contributed by atoms with van der Waals surface area (Å²) < 4.78 is 3.22. The fourth-order valence-corrected chi connectivity index (χ4v) is 3.12. The van der Waals surface area contributed by atoms with E-state index in [-0.39, 0.29) is 0 Å². The Morgan fingerprint density at radius 1 is 0.792 bits per heavy atom. The number of hydrogen-bond acceptors (Lipinski definition) is 1. The van der Waals surface area contributed by atoms with Gasteiger partial charge in [0.25, 0.3) is 0 Å². The minimum atomic E-state index is 0.915. The number of halogens is 1. The Labute approximate surface area is 149 Å². The fraction of sp³-hybridized carbons (Fsp3) is 0. The Bertz CT molecular complexity index is 1000. The van der Waals surface area contributed by atoms with E-state index in [9.17, 15) is 0 Å². The second-order valence-electron chi connectivity index (χ2n) is 5.52. The van der Waals surface area contributed by atoms with Gasteiger partial charge in [-0.15, -0.1) is 0 Å². The van der Waals surface area contributed by atoms with Gasteiger partial charge in [0.1, 0.15) is 5.82 Å². The second-order valence-corrected chi connectivity index (χ2v) is 6.43. The van der Waals surface area contributed by atoms with E-state index in [2.05, 4.69) is 69.0 Å². The number of nitrogens with zero attached hydrogens (tertiary/aromatic N) is 2. The third kappa shape index (κ3) is 2.91. The SMILES string of the molecule is Brc1ccc2c(c1)nc(/C=C/c1ccccc1)n2-c1ccccc1. The standard InChI is InChI=1S/C21H15BrN2/c22-17-12-13-20-19(15-17)23-21(14-11-16-7-3-1-4-8-16)24(20)18-9-5-2-6-10-18/h1-15H/b14-11+. The molecular formula is C21H15BrN2. The molecule has 0 unspecified atom stereocenters. The van der Waals surface area contributed by atoms with Crippen molar-refractivity contribution in [3.05, 3.63) is 94.7 Å². The molecule has 0 atom stereocenters. The number of aromatic nitrogens is 2. The van der Waals surface area contributed by atoms with Crippen molar-refractivity contribution in [3.63, 3.8) is 0 Å². The highest BCUT2D eigenvalue weighted by atomic mass is 79.9. The first-order chi connectivity index (χ1) is 11.8. The van der Waals surface area contributed by atoms with Crippen LogP contribution in [0.15, 0.2) is 83.3 Å². The molecule has 0 saturated carbocycles. The van der Waals surface area contributed by atoms with Crippen LogP contribution in [0.4, 0.5) is 0 Å². The minimum absolute atomic E-state index is 0.915. The molecule has 1 aromatic heterocycles. The summed E-state index contributed by atoms with van der Waals surface area (Å²) in [5, 5.41) is 0. The number of benzene rings is 3. The van der Waals surface area contributed by atoms with Gasteiger partial charge in [-0.3, -0.25) is 4.57 Å². The molecule has 0 amide bonds. The van der Waals surface area contributed by atoms with Gasteiger partial charge in [0.15, 0.2) is 0 Å². The van der Waals surface area contributed by atoms with Crippen molar-refractivity contribution in [2.24, 2.45) is 0 Å². The van der Waals surface area contributed by atoms with Gasteiger partial charge in [0.2, 0.25) is 0 Å². The highest BCUT2D eigenvalue weighted by Gasteiger charge is 2.10. The van der Waals surface area contributed by atoms with Crippen LogP contribution in [-0.4, -0.2) is 9.55 Å². The summed E-state index contributed by atoms with van der Waals surface area (Å²) >= 11 is 3.53. The maximum absolute atomic E-state index is 4.81. The Morgan fingerprint density at radius 3 is 2.25 bits per heavy atom. The molecule has 0 N–H and O–H groups in total. The minimum Gasteiger partial charge on any atom is -0.293 e. The van der Waals surface area contributed by atoms with Crippen LogP contribution in [0.2, 0.25) is 0 Å². The normalized spacial score (nSPS) is 11.4. The lowest BCUT2D eigenvalue weighted by molar-refractivity contribution is 1.07. The van der Waals surface area contributed by atoms with Gasteiger partial charge in [0.05, 0.1) is 11.0 Å². The van der Waals surface area contributed by atoms with Gasteiger partial charge in [-0.25, -0.2) is 4.98 Å². The lowest BCUT2D eigenvalue weighted by Crippen LogP contribution is -1.96. The van der Waals surface area contributed by atoms with Gasteiger partial charge >= 0.3 is 0 Å². The molecule has 0 aliphatic rings. The summed E-state index contributed by atoms with van der Waals surface area (Å²) in [6, 6.07) is 26.8. The van der Waals surface area contributed by atoms with Crippen molar-refractivity contribution in [2.75, 3.05) is 0 Å². The van der Waals surface area contributed by atoms with Gasteiger partial charge in [-0.2, -0.15) is 0 Å². The highest BCUT2D eigenvalue weighted by Crippen LogP contribution is 2.25. The first-order valence-electron chi connectivity index (χ1n) is 7.78. The van der Waals surface area contributed by atoms with Crippen molar-refractivity contribution >= 4 is 39.1 Å². The summed E-state index contributed by atoms with van der Waals surface area (Å²) in [5.74, 6) is 0.915. The van der Waals surface area contributed by atoms with Crippen LogP contribution in [0.3, 0.4) is 0 Å².